The van der Waals surface area contributed by atoms with Crippen LogP contribution in [0.2, 0.25) is 0 Å². The van der Waals surface area contributed by atoms with Gasteiger partial charge in [0.25, 0.3) is 11.8 Å². The normalized spacial score (nSPS) is 13.6. The van der Waals surface area contributed by atoms with E-state index in [0.717, 1.165) is 17.7 Å². The lowest BCUT2D eigenvalue weighted by Gasteiger charge is -2.21. The van der Waals surface area contributed by atoms with Gasteiger partial charge in [0.15, 0.2) is 0 Å². The van der Waals surface area contributed by atoms with Gasteiger partial charge in [0.2, 0.25) is 0 Å². The van der Waals surface area contributed by atoms with Gasteiger partial charge in [0.1, 0.15) is 17.3 Å². The zero-order valence-electron chi connectivity index (χ0n) is 19.3. The van der Waals surface area contributed by atoms with Gasteiger partial charge in [0.05, 0.1) is 12.2 Å². The fourth-order valence-corrected chi connectivity index (χ4v) is 3.95. The highest BCUT2D eigenvalue weighted by Crippen LogP contribution is 2.34. The summed E-state index contributed by atoms with van der Waals surface area (Å²) in [5.74, 6) is -0.292. The maximum atomic E-state index is 13.5. The monoisotopic (exact) mass is 458 g/mol. The van der Waals surface area contributed by atoms with Crippen LogP contribution in [-0.4, -0.2) is 36.9 Å². The van der Waals surface area contributed by atoms with E-state index < -0.39 is 0 Å². The van der Waals surface area contributed by atoms with Crippen molar-refractivity contribution in [2.24, 2.45) is 0 Å². The molecule has 0 saturated heterocycles. The number of carbonyl (C=O) groups is 2. The first-order valence-corrected chi connectivity index (χ1v) is 11.4. The second-order valence-electron chi connectivity index (χ2n) is 8.13. The van der Waals surface area contributed by atoms with Gasteiger partial charge < -0.3 is 9.64 Å². The number of imide groups is 1. The molecule has 1 aliphatic rings. The number of para-hydroxylation sites is 1. The highest BCUT2D eigenvalue weighted by atomic mass is 19.1. The summed E-state index contributed by atoms with van der Waals surface area (Å²) in [4.78, 5) is 30.1. The van der Waals surface area contributed by atoms with E-state index in [4.69, 9.17) is 4.74 Å². The molecule has 4 rings (SSSR count). The molecule has 6 heteroatoms. The van der Waals surface area contributed by atoms with Crippen molar-refractivity contribution in [1.29, 1.82) is 0 Å². The zero-order valence-corrected chi connectivity index (χ0v) is 19.3. The van der Waals surface area contributed by atoms with Crippen LogP contribution in [-0.2, 0) is 16.0 Å². The second-order valence-corrected chi connectivity index (χ2v) is 8.13. The molecule has 0 atom stereocenters. The largest absolute Gasteiger partial charge is 0.494 e. The van der Waals surface area contributed by atoms with E-state index in [9.17, 15) is 14.0 Å². The smallest absolute Gasteiger partial charge is 0.278 e. The number of halogens is 1. The maximum absolute atomic E-state index is 13.5. The third kappa shape index (κ3) is 4.86. The Hall–Kier alpha value is -3.93. The Morgan fingerprint density at radius 1 is 0.882 bits per heavy atom. The summed E-state index contributed by atoms with van der Waals surface area (Å²) < 4.78 is 18.9. The number of rotatable bonds is 9. The summed E-state index contributed by atoms with van der Waals surface area (Å²) in [6.07, 6.45) is 1.34. The van der Waals surface area contributed by atoms with Gasteiger partial charge in [-0.1, -0.05) is 49.4 Å². The van der Waals surface area contributed by atoms with Crippen LogP contribution in [0.4, 0.5) is 10.1 Å². The molecular weight excluding hydrogens is 431 g/mol. The fraction of sp³-hybridized carbons (Fsp3) is 0.214. The molecule has 1 aliphatic heterocycles. The van der Waals surface area contributed by atoms with E-state index in [2.05, 4.69) is 0 Å². The molecule has 34 heavy (non-hydrogen) atoms. The van der Waals surface area contributed by atoms with Crippen molar-refractivity contribution in [3.05, 3.63) is 102 Å². The Bertz CT molecular complexity index is 1190. The summed E-state index contributed by atoms with van der Waals surface area (Å²) >= 11 is 0. The molecule has 0 N–H and O–H groups in total. The standard InChI is InChI=1S/C28H27FN2O3/c1-3-19-34-24-15-11-21(12-16-24)25-26(30(2)23-7-5-4-6-8-23)28(33)31(27(25)32)18-17-20-9-13-22(29)14-10-20/h4-16H,3,17-19H2,1-2H3. The minimum absolute atomic E-state index is 0.205. The average Bonchev–Trinajstić information content (AvgIpc) is 3.12. The van der Waals surface area contributed by atoms with Crippen molar-refractivity contribution in [2.45, 2.75) is 19.8 Å². The van der Waals surface area contributed by atoms with Gasteiger partial charge in [0, 0.05) is 19.3 Å². The Morgan fingerprint density at radius 3 is 2.21 bits per heavy atom. The van der Waals surface area contributed by atoms with Crippen molar-refractivity contribution in [1.82, 2.24) is 4.90 Å². The molecule has 0 fully saturated rings. The van der Waals surface area contributed by atoms with Gasteiger partial charge in [-0.05, 0) is 60.4 Å². The number of hydrogen-bond donors (Lipinski definition) is 0. The maximum Gasteiger partial charge on any atom is 0.278 e. The SMILES string of the molecule is CCCOc1ccc(C2=C(N(C)c3ccccc3)C(=O)N(CCc3ccc(F)cc3)C2=O)cc1. The number of anilines is 1. The lowest BCUT2D eigenvalue weighted by atomic mass is 10.0. The van der Waals surface area contributed by atoms with Crippen LogP contribution in [0.3, 0.4) is 0 Å². The van der Waals surface area contributed by atoms with E-state index in [1.807, 2.05) is 61.5 Å². The van der Waals surface area contributed by atoms with E-state index >= 15 is 0 Å². The molecular formula is C28H27FN2O3. The van der Waals surface area contributed by atoms with Crippen LogP contribution in [0, 0.1) is 5.82 Å². The molecule has 5 nitrogen and oxygen atoms in total. The third-order valence-electron chi connectivity index (χ3n) is 5.78. The molecule has 3 aromatic rings. The average molecular weight is 459 g/mol. The number of hydrogen-bond acceptors (Lipinski definition) is 4. The number of ether oxygens (including phenoxy) is 1. The van der Waals surface area contributed by atoms with Crippen molar-refractivity contribution >= 4 is 23.1 Å². The van der Waals surface area contributed by atoms with Gasteiger partial charge in [-0.25, -0.2) is 4.39 Å². The number of carbonyl (C=O) groups excluding carboxylic acids is 2. The summed E-state index contributed by atoms with van der Waals surface area (Å²) in [5, 5.41) is 0. The Kier molecular flexibility index (Phi) is 7.07. The van der Waals surface area contributed by atoms with Crippen LogP contribution in [0.5, 0.6) is 5.75 Å². The van der Waals surface area contributed by atoms with Crippen molar-refractivity contribution < 1.29 is 18.7 Å². The summed E-state index contributed by atoms with van der Waals surface area (Å²) in [7, 11) is 1.79. The molecule has 0 bridgehead atoms. The van der Waals surface area contributed by atoms with Crippen LogP contribution in [0.15, 0.2) is 84.6 Å². The highest BCUT2D eigenvalue weighted by molar-refractivity contribution is 6.36. The Morgan fingerprint density at radius 2 is 1.56 bits per heavy atom. The molecule has 1 heterocycles. The van der Waals surface area contributed by atoms with Crippen LogP contribution in [0.25, 0.3) is 5.57 Å². The molecule has 3 aromatic carbocycles. The second kappa shape index (κ2) is 10.3. The van der Waals surface area contributed by atoms with Crippen molar-refractivity contribution in [2.75, 3.05) is 25.1 Å². The Balaban J connectivity index is 1.66. The number of benzene rings is 3. The zero-order chi connectivity index (χ0) is 24.1. The fourth-order valence-electron chi connectivity index (χ4n) is 3.95. The Labute approximate surface area is 199 Å². The summed E-state index contributed by atoms with van der Waals surface area (Å²) in [5.41, 5.74) is 3.00. The minimum Gasteiger partial charge on any atom is -0.494 e. The third-order valence-corrected chi connectivity index (χ3v) is 5.78. The number of likely N-dealkylation sites (N-methyl/N-ethyl adjacent to an activating group) is 1. The quantitative estimate of drug-likeness (QED) is 0.420. The molecule has 174 valence electrons. The van der Waals surface area contributed by atoms with Gasteiger partial charge in [-0.3, -0.25) is 14.5 Å². The van der Waals surface area contributed by atoms with Gasteiger partial charge >= 0.3 is 0 Å². The first-order chi connectivity index (χ1) is 16.5. The van der Waals surface area contributed by atoms with E-state index in [1.165, 1.54) is 17.0 Å². The van der Waals surface area contributed by atoms with Gasteiger partial charge in [-0.2, -0.15) is 0 Å². The molecule has 0 unspecified atom stereocenters. The first kappa shape index (κ1) is 23.2. The summed E-state index contributed by atoms with van der Waals surface area (Å²) in [6.45, 7) is 2.85. The van der Waals surface area contributed by atoms with E-state index in [0.29, 0.717) is 35.6 Å². The first-order valence-electron chi connectivity index (χ1n) is 11.4. The van der Waals surface area contributed by atoms with Crippen molar-refractivity contribution in [3.8, 4) is 5.75 Å². The molecule has 0 aromatic heterocycles. The van der Waals surface area contributed by atoms with E-state index in [1.54, 1.807) is 24.1 Å². The van der Waals surface area contributed by atoms with Crippen LogP contribution >= 0.6 is 0 Å². The minimum atomic E-state index is -0.347. The molecule has 2 amide bonds. The summed E-state index contributed by atoms with van der Waals surface area (Å²) in [6, 6.07) is 22.8. The molecule has 0 spiro atoms. The van der Waals surface area contributed by atoms with Crippen molar-refractivity contribution in [3.63, 3.8) is 0 Å². The molecule has 0 saturated carbocycles. The van der Waals surface area contributed by atoms with Gasteiger partial charge in [-0.15, -0.1) is 0 Å². The predicted octanol–water partition coefficient (Wildman–Crippen LogP) is 5.07. The molecule has 0 radical (unpaired) electrons. The topological polar surface area (TPSA) is 49.9 Å². The lowest BCUT2D eigenvalue weighted by Crippen LogP contribution is -2.35. The molecule has 0 aliphatic carbocycles. The van der Waals surface area contributed by atoms with Crippen LogP contribution < -0.4 is 9.64 Å². The highest BCUT2D eigenvalue weighted by Gasteiger charge is 2.40. The van der Waals surface area contributed by atoms with E-state index in [-0.39, 0.29) is 24.2 Å². The predicted molar refractivity (Wildman–Crippen MR) is 131 cm³/mol. The lowest BCUT2D eigenvalue weighted by molar-refractivity contribution is -0.136. The number of amides is 2. The van der Waals surface area contributed by atoms with Crippen LogP contribution in [0.1, 0.15) is 24.5 Å². The number of nitrogens with zero attached hydrogens (tertiary/aromatic N) is 2.